The van der Waals surface area contributed by atoms with Crippen LogP contribution in [0, 0.1) is 5.82 Å². The Morgan fingerprint density at radius 3 is 2.68 bits per heavy atom. The van der Waals surface area contributed by atoms with Crippen LogP contribution in [0.5, 0.6) is 5.75 Å². The lowest BCUT2D eigenvalue weighted by Gasteiger charge is -2.08. The molecule has 0 heterocycles. The molecule has 0 radical (unpaired) electrons. The number of carbonyl (C=O) groups excluding carboxylic acids is 1. The summed E-state index contributed by atoms with van der Waals surface area (Å²) >= 11 is 0. The summed E-state index contributed by atoms with van der Waals surface area (Å²) in [5, 5.41) is 19.8. The first-order chi connectivity index (χ1) is 8.95. The van der Waals surface area contributed by atoms with Crippen LogP contribution in [-0.4, -0.2) is 41.8 Å². The van der Waals surface area contributed by atoms with Crippen molar-refractivity contribution in [2.24, 2.45) is 0 Å². The fourth-order valence-corrected chi connectivity index (χ4v) is 1.36. The Morgan fingerprint density at radius 2 is 2.16 bits per heavy atom. The number of aliphatic hydroxyl groups is 1. The molecule has 0 aromatic heterocycles. The third-order valence-electron chi connectivity index (χ3n) is 2.40. The predicted octanol–water partition coefficient (Wildman–Crippen LogP) is 0.400. The number of carboxylic acids is 1. The van der Waals surface area contributed by atoms with Crippen LogP contribution in [-0.2, 0) is 4.79 Å². The SMILES string of the molecule is COc1ccc(C(=O)NCCC(O)C(=O)O)cc1F. The summed E-state index contributed by atoms with van der Waals surface area (Å²) in [6, 6.07) is 3.71. The van der Waals surface area contributed by atoms with E-state index in [9.17, 15) is 14.0 Å². The van der Waals surface area contributed by atoms with Gasteiger partial charge in [-0.1, -0.05) is 0 Å². The van der Waals surface area contributed by atoms with Crippen LogP contribution < -0.4 is 10.1 Å². The van der Waals surface area contributed by atoms with Gasteiger partial charge in [-0.3, -0.25) is 4.79 Å². The Hall–Kier alpha value is -2.15. The van der Waals surface area contributed by atoms with Gasteiger partial charge in [0.05, 0.1) is 7.11 Å². The molecule has 0 bridgehead atoms. The Bertz CT molecular complexity index is 477. The summed E-state index contributed by atoms with van der Waals surface area (Å²) in [5.41, 5.74) is 0.0862. The number of amides is 1. The van der Waals surface area contributed by atoms with E-state index in [-0.39, 0.29) is 24.3 Å². The zero-order chi connectivity index (χ0) is 14.4. The minimum Gasteiger partial charge on any atom is -0.494 e. The van der Waals surface area contributed by atoms with Gasteiger partial charge in [0.2, 0.25) is 0 Å². The highest BCUT2D eigenvalue weighted by Gasteiger charge is 2.14. The van der Waals surface area contributed by atoms with Crippen LogP contribution in [0.2, 0.25) is 0 Å². The van der Waals surface area contributed by atoms with Crippen molar-refractivity contribution in [2.45, 2.75) is 12.5 Å². The highest BCUT2D eigenvalue weighted by atomic mass is 19.1. The Morgan fingerprint density at radius 1 is 1.47 bits per heavy atom. The van der Waals surface area contributed by atoms with Gasteiger partial charge in [0.25, 0.3) is 5.91 Å². The third-order valence-corrected chi connectivity index (χ3v) is 2.40. The van der Waals surface area contributed by atoms with Gasteiger partial charge in [-0.15, -0.1) is 0 Å². The summed E-state index contributed by atoms with van der Waals surface area (Å²) in [6.45, 7) is -0.0278. The third kappa shape index (κ3) is 4.22. The highest BCUT2D eigenvalue weighted by molar-refractivity contribution is 5.94. The molecule has 19 heavy (non-hydrogen) atoms. The minimum atomic E-state index is -1.53. The molecule has 0 spiro atoms. The van der Waals surface area contributed by atoms with E-state index in [1.165, 1.54) is 19.2 Å². The number of benzene rings is 1. The van der Waals surface area contributed by atoms with Crippen molar-refractivity contribution < 1.29 is 28.9 Å². The van der Waals surface area contributed by atoms with Gasteiger partial charge in [-0.2, -0.15) is 0 Å². The van der Waals surface area contributed by atoms with Crippen molar-refractivity contribution in [2.75, 3.05) is 13.7 Å². The van der Waals surface area contributed by atoms with Gasteiger partial charge >= 0.3 is 5.97 Å². The maximum atomic E-state index is 13.3. The zero-order valence-electron chi connectivity index (χ0n) is 10.2. The van der Waals surface area contributed by atoms with Crippen molar-refractivity contribution in [3.63, 3.8) is 0 Å². The average Bonchev–Trinajstić information content (AvgIpc) is 2.38. The van der Waals surface area contributed by atoms with Gasteiger partial charge in [-0.25, -0.2) is 9.18 Å². The van der Waals surface area contributed by atoms with Crippen LogP contribution in [0.15, 0.2) is 18.2 Å². The van der Waals surface area contributed by atoms with E-state index in [4.69, 9.17) is 14.9 Å². The monoisotopic (exact) mass is 271 g/mol. The number of rotatable bonds is 6. The highest BCUT2D eigenvalue weighted by Crippen LogP contribution is 2.17. The van der Waals surface area contributed by atoms with Crippen molar-refractivity contribution in [3.8, 4) is 5.75 Å². The topological polar surface area (TPSA) is 95.9 Å². The smallest absolute Gasteiger partial charge is 0.332 e. The molecule has 0 saturated carbocycles. The standard InChI is InChI=1S/C12H14FNO5/c1-19-10-3-2-7(6-8(10)13)11(16)14-5-4-9(15)12(17)18/h2-3,6,9,15H,4-5H2,1H3,(H,14,16)(H,17,18). The molecule has 1 unspecified atom stereocenters. The van der Waals surface area contributed by atoms with Gasteiger partial charge in [0, 0.05) is 18.5 Å². The van der Waals surface area contributed by atoms with Crippen LogP contribution in [0.4, 0.5) is 4.39 Å². The van der Waals surface area contributed by atoms with Crippen LogP contribution >= 0.6 is 0 Å². The average molecular weight is 271 g/mol. The molecule has 3 N–H and O–H groups in total. The summed E-state index contributed by atoms with van der Waals surface area (Å²) in [4.78, 5) is 21.9. The van der Waals surface area contributed by atoms with E-state index >= 15 is 0 Å². The molecular formula is C12H14FNO5. The molecule has 1 aromatic rings. The molecule has 1 rings (SSSR count). The Kier molecular flexibility index (Phi) is 5.25. The quantitative estimate of drug-likeness (QED) is 0.696. The normalized spacial score (nSPS) is 11.7. The zero-order valence-corrected chi connectivity index (χ0v) is 10.2. The molecule has 1 aromatic carbocycles. The van der Waals surface area contributed by atoms with Crippen LogP contribution in [0.3, 0.4) is 0 Å². The van der Waals surface area contributed by atoms with Crippen LogP contribution in [0.1, 0.15) is 16.8 Å². The molecule has 7 heteroatoms. The molecule has 6 nitrogen and oxygen atoms in total. The number of halogens is 1. The summed E-state index contributed by atoms with van der Waals surface area (Å²) in [6.07, 6.45) is -1.66. The molecular weight excluding hydrogens is 257 g/mol. The lowest BCUT2D eigenvalue weighted by molar-refractivity contribution is -0.146. The first-order valence-electron chi connectivity index (χ1n) is 5.48. The molecule has 104 valence electrons. The molecule has 0 aliphatic rings. The molecule has 0 saturated heterocycles. The number of hydrogen-bond donors (Lipinski definition) is 3. The van der Waals surface area contributed by atoms with Gasteiger partial charge in [0.1, 0.15) is 0 Å². The van der Waals surface area contributed by atoms with Crippen molar-refractivity contribution in [3.05, 3.63) is 29.6 Å². The number of nitrogens with one attached hydrogen (secondary N) is 1. The second-order valence-corrected chi connectivity index (χ2v) is 3.75. The fraction of sp³-hybridized carbons (Fsp3) is 0.333. The number of aliphatic carboxylic acids is 1. The number of aliphatic hydroxyl groups excluding tert-OH is 1. The Balaban J connectivity index is 2.54. The fourth-order valence-electron chi connectivity index (χ4n) is 1.36. The first-order valence-corrected chi connectivity index (χ1v) is 5.48. The molecule has 0 aliphatic carbocycles. The van der Waals surface area contributed by atoms with Gasteiger partial charge in [-0.05, 0) is 18.2 Å². The predicted molar refractivity (Wildman–Crippen MR) is 63.5 cm³/mol. The molecule has 1 atom stereocenters. The maximum absolute atomic E-state index is 13.3. The van der Waals surface area contributed by atoms with Gasteiger partial charge < -0.3 is 20.3 Å². The summed E-state index contributed by atoms with van der Waals surface area (Å²) in [7, 11) is 1.31. The summed E-state index contributed by atoms with van der Waals surface area (Å²) in [5.74, 6) is -2.55. The second kappa shape index (κ2) is 6.69. The maximum Gasteiger partial charge on any atom is 0.332 e. The number of ether oxygens (including phenoxy) is 1. The second-order valence-electron chi connectivity index (χ2n) is 3.75. The number of carboxylic acid groups (broad SMARTS) is 1. The lowest BCUT2D eigenvalue weighted by atomic mass is 10.2. The van der Waals surface area contributed by atoms with E-state index in [0.29, 0.717) is 0 Å². The number of hydrogen-bond acceptors (Lipinski definition) is 4. The number of methoxy groups -OCH3 is 1. The van der Waals surface area contributed by atoms with E-state index in [1.54, 1.807) is 0 Å². The molecule has 1 amide bonds. The van der Waals surface area contributed by atoms with E-state index in [2.05, 4.69) is 5.32 Å². The van der Waals surface area contributed by atoms with Crippen molar-refractivity contribution in [1.29, 1.82) is 0 Å². The van der Waals surface area contributed by atoms with E-state index < -0.39 is 23.8 Å². The van der Waals surface area contributed by atoms with Crippen LogP contribution in [0.25, 0.3) is 0 Å². The minimum absolute atomic E-state index is 0.0258. The summed E-state index contributed by atoms with van der Waals surface area (Å²) < 4.78 is 18.1. The van der Waals surface area contributed by atoms with E-state index in [1.807, 2.05) is 0 Å². The van der Waals surface area contributed by atoms with Crippen molar-refractivity contribution >= 4 is 11.9 Å². The first kappa shape index (κ1) is 14.9. The Labute approximate surface area is 108 Å². The number of carbonyl (C=O) groups is 2. The van der Waals surface area contributed by atoms with Crippen molar-refractivity contribution in [1.82, 2.24) is 5.32 Å². The van der Waals surface area contributed by atoms with Gasteiger partial charge in [0.15, 0.2) is 17.7 Å². The lowest BCUT2D eigenvalue weighted by Crippen LogP contribution is -2.30. The molecule has 0 aliphatic heterocycles. The molecule has 0 fully saturated rings. The largest absolute Gasteiger partial charge is 0.494 e. The van der Waals surface area contributed by atoms with E-state index in [0.717, 1.165) is 6.07 Å².